The molecule has 0 bridgehead atoms. The molecule has 0 unspecified atom stereocenters. The highest BCUT2D eigenvalue weighted by Gasteiger charge is 2.01. The Morgan fingerprint density at radius 1 is 0.808 bits per heavy atom. The second kappa shape index (κ2) is 20.0. The maximum Gasteiger partial charge on any atom is 0.302 e. The number of esters is 1. The minimum absolute atomic E-state index is 0.0507. The molecular weight excluding hydrogens is 326 g/mol. The third-order valence-electron chi connectivity index (χ3n) is 4.40. The van der Waals surface area contributed by atoms with Crippen LogP contribution in [0.2, 0.25) is 0 Å². The van der Waals surface area contributed by atoms with Crippen LogP contribution in [0.25, 0.3) is 0 Å². The molecule has 0 saturated carbocycles. The van der Waals surface area contributed by atoms with Gasteiger partial charge in [-0.3, -0.25) is 9.59 Å². The zero-order chi connectivity index (χ0) is 19.3. The highest BCUT2D eigenvalue weighted by Crippen LogP contribution is 2.09. The lowest BCUT2D eigenvalue weighted by Crippen LogP contribution is -2.27. The van der Waals surface area contributed by atoms with Crippen LogP contribution in [0, 0.1) is 0 Å². The fourth-order valence-corrected chi connectivity index (χ4v) is 2.83. The van der Waals surface area contributed by atoms with E-state index < -0.39 is 0 Å². The quantitative estimate of drug-likeness (QED) is 0.192. The van der Waals surface area contributed by atoms with Crippen LogP contribution >= 0.6 is 0 Å². The average Bonchev–Trinajstić information content (AvgIpc) is 2.62. The molecule has 0 aliphatic carbocycles. The van der Waals surface area contributed by atoms with Crippen LogP contribution in [0.3, 0.4) is 0 Å². The summed E-state index contributed by atoms with van der Waals surface area (Å²) < 4.78 is 4.76. The predicted molar refractivity (Wildman–Crippen MR) is 109 cm³/mol. The SMILES string of the molecule is CCCCCCCC/C=C\CCCCCCCC(=O)NCCOC(C)=O. The summed E-state index contributed by atoms with van der Waals surface area (Å²) in [6.45, 7) is 4.29. The van der Waals surface area contributed by atoms with Gasteiger partial charge in [0, 0.05) is 13.3 Å². The lowest BCUT2D eigenvalue weighted by atomic mass is 10.1. The number of carbonyl (C=O) groups is 2. The molecule has 4 heteroatoms. The van der Waals surface area contributed by atoms with Gasteiger partial charge in [-0.1, -0.05) is 70.4 Å². The zero-order valence-corrected chi connectivity index (χ0v) is 17.2. The molecule has 0 spiro atoms. The number of amides is 1. The average molecular weight is 368 g/mol. The van der Waals surface area contributed by atoms with Gasteiger partial charge in [0.15, 0.2) is 0 Å². The fraction of sp³-hybridized carbons (Fsp3) is 0.818. The minimum atomic E-state index is -0.309. The smallest absolute Gasteiger partial charge is 0.302 e. The van der Waals surface area contributed by atoms with E-state index in [1.807, 2.05) is 0 Å². The van der Waals surface area contributed by atoms with E-state index in [0.717, 1.165) is 12.8 Å². The van der Waals surface area contributed by atoms with E-state index in [9.17, 15) is 9.59 Å². The summed E-state index contributed by atoms with van der Waals surface area (Å²) in [7, 11) is 0. The van der Waals surface area contributed by atoms with Crippen LogP contribution in [0.1, 0.15) is 104 Å². The van der Waals surface area contributed by atoms with Gasteiger partial charge in [-0.2, -0.15) is 0 Å². The largest absolute Gasteiger partial charge is 0.464 e. The van der Waals surface area contributed by atoms with Crippen molar-refractivity contribution in [3.8, 4) is 0 Å². The first kappa shape index (κ1) is 24.7. The molecule has 0 heterocycles. The van der Waals surface area contributed by atoms with Crippen LogP contribution < -0.4 is 5.32 Å². The van der Waals surface area contributed by atoms with E-state index in [-0.39, 0.29) is 18.5 Å². The maximum atomic E-state index is 11.6. The lowest BCUT2D eigenvalue weighted by molar-refractivity contribution is -0.141. The molecule has 0 aliphatic rings. The molecule has 0 radical (unpaired) electrons. The van der Waals surface area contributed by atoms with Gasteiger partial charge in [-0.25, -0.2) is 0 Å². The number of ether oxygens (including phenoxy) is 1. The number of hydrogen-bond acceptors (Lipinski definition) is 3. The Morgan fingerprint density at radius 3 is 1.92 bits per heavy atom. The summed E-state index contributed by atoms with van der Waals surface area (Å²) in [5.74, 6) is -0.258. The Morgan fingerprint density at radius 2 is 1.35 bits per heavy atom. The number of allylic oxidation sites excluding steroid dienone is 2. The van der Waals surface area contributed by atoms with E-state index >= 15 is 0 Å². The molecule has 1 N–H and O–H groups in total. The van der Waals surface area contributed by atoms with Crippen molar-refractivity contribution in [2.45, 2.75) is 104 Å². The first-order chi connectivity index (χ1) is 12.7. The van der Waals surface area contributed by atoms with Crippen molar-refractivity contribution < 1.29 is 14.3 Å². The Labute approximate surface area is 161 Å². The number of unbranched alkanes of at least 4 members (excludes halogenated alkanes) is 11. The summed E-state index contributed by atoms with van der Waals surface area (Å²) in [5, 5.41) is 2.76. The molecule has 26 heavy (non-hydrogen) atoms. The van der Waals surface area contributed by atoms with Crippen molar-refractivity contribution in [1.29, 1.82) is 0 Å². The van der Waals surface area contributed by atoms with Crippen molar-refractivity contribution in [2.75, 3.05) is 13.2 Å². The van der Waals surface area contributed by atoms with Crippen molar-refractivity contribution in [3.63, 3.8) is 0 Å². The molecule has 4 nitrogen and oxygen atoms in total. The van der Waals surface area contributed by atoms with E-state index in [4.69, 9.17) is 4.74 Å². The lowest BCUT2D eigenvalue weighted by Gasteiger charge is -2.05. The minimum Gasteiger partial charge on any atom is -0.464 e. The van der Waals surface area contributed by atoms with E-state index in [1.165, 1.54) is 77.6 Å². The number of rotatable bonds is 18. The summed E-state index contributed by atoms with van der Waals surface area (Å²) >= 11 is 0. The van der Waals surface area contributed by atoms with Crippen LogP contribution in [-0.4, -0.2) is 25.0 Å². The molecule has 0 fully saturated rings. The van der Waals surface area contributed by atoms with E-state index in [1.54, 1.807) is 0 Å². The molecule has 0 rings (SSSR count). The Bertz CT molecular complexity index is 366. The van der Waals surface area contributed by atoms with Crippen LogP contribution in [-0.2, 0) is 14.3 Å². The number of hydrogen-bond donors (Lipinski definition) is 1. The van der Waals surface area contributed by atoms with Gasteiger partial charge in [0.05, 0.1) is 6.54 Å². The Hall–Kier alpha value is -1.32. The third kappa shape index (κ3) is 20.7. The molecule has 0 atom stereocenters. The second-order valence-electron chi connectivity index (χ2n) is 7.02. The maximum absolute atomic E-state index is 11.6. The van der Waals surface area contributed by atoms with Gasteiger partial charge in [-0.15, -0.1) is 0 Å². The summed E-state index contributed by atoms with van der Waals surface area (Å²) in [6, 6.07) is 0. The monoisotopic (exact) mass is 367 g/mol. The van der Waals surface area contributed by atoms with Gasteiger partial charge in [0.1, 0.15) is 6.61 Å². The summed E-state index contributed by atoms with van der Waals surface area (Å²) in [5.41, 5.74) is 0. The van der Waals surface area contributed by atoms with Crippen LogP contribution in [0.4, 0.5) is 0 Å². The second-order valence-corrected chi connectivity index (χ2v) is 7.02. The molecular formula is C22H41NO3. The summed E-state index contributed by atoms with van der Waals surface area (Å²) in [4.78, 5) is 22.1. The third-order valence-corrected chi connectivity index (χ3v) is 4.40. The van der Waals surface area contributed by atoms with Gasteiger partial charge >= 0.3 is 5.97 Å². The van der Waals surface area contributed by atoms with Gasteiger partial charge < -0.3 is 10.1 Å². The topological polar surface area (TPSA) is 55.4 Å². The van der Waals surface area contributed by atoms with Gasteiger partial charge in [0.25, 0.3) is 0 Å². The van der Waals surface area contributed by atoms with Crippen molar-refractivity contribution in [3.05, 3.63) is 12.2 Å². The molecule has 0 aliphatic heterocycles. The van der Waals surface area contributed by atoms with Gasteiger partial charge in [0.2, 0.25) is 5.91 Å². The van der Waals surface area contributed by atoms with E-state index in [2.05, 4.69) is 24.4 Å². The highest BCUT2D eigenvalue weighted by atomic mass is 16.5. The molecule has 0 aromatic carbocycles. The van der Waals surface area contributed by atoms with Crippen LogP contribution in [0.15, 0.2) is 12.2 Å². The first-order valence-electron chi connectivity index (χ1n) is 10.7. The van der Waals surface area contributed by atoms with Crippen molar-refractivity contribution in [1.82, 2.24) is 5.32 Å². The first-order valence-corrected chi connectivity index (χ1v) is 10.7. The Balaban J connectivity index is 3.22. The van der Waals surface area contributed by atoms with Crippen LogP contribution in [0.5, 0.6) is 0 Å². The van der Waals surface area contributed by atoms with Gasteiger partial charge in [-0.05, 0) is 32.1 Å². The van der Waals surface area contributed by atoms with E-state index in [0.29, 0.717) is 13.0 Å². The summed E-state index contributed by atoms with van der Waals surface area (Å²) in [6.07, 6.45) is 21.6. The highest BCUT2D eigenvalue weighted by molar-refractivity contribution is 5.75. The fourth-order valence-electron chi connectivity index (χ4n) is 2.83. The molecule has 152 valence electrons. The molecule has 0 aromatic heterocycles. The number of nitrogens with one attached hydrogen (secondary N) is 1. The normalized spacial score (nSPS) is 11.0. The molecule has 1 amide bonds. The molecule has 0 saturated heterocycles. The Kier molecular flexibility index (Phi) is 19.0. The van der Waals surface area contributed by atoms with Crippen molar-refractivity contribution in [2.24, 2.45) is 0 Å². The zero-order valence-electron chi connectivity index (χ0n) is 17.2. The predicted octanol–water partition coefficient (Wildman–Crippen LogP) is 5.70. The molecule has 0 aromatic rings. The van der Waals surface area contributed by atoms with Crippen molar-refractivity contribution >= 4 is 11.9 Å². The number of carbonyl (C=O) groups excluding carboxylic acids is 2. The standard InChI is InChI=1S/C22H41NO3/c1-3-4-5-6-7-8-9-10-11-12-13-14-15-16-17-18-22(25)23-19-20-26-21(2)24/h10-11H,3-9,12-20H2,1-2H3,(H,23,25)/b11-10-.